The number of piperidine rings is 1. The van der Waals surface area contributed by atoms with Gasteiger partial charge in [-0.1, -0.05) is 6.07 Å². The molecule has 0 unspecified atom stereocenters. The molecule has 1 fully saturated rings. The molecule has 0 saturated carbocycles. The van der Waals surface area contributed by atoms with Gasteiger partial charge in [0.05, 0.1) is 12.5 Å². The van der Waals surface area contributed by atoms with E-state index in [1.54, 1.807) is 6.20 Å². The van der Waals surface area contributed by atoms with Crippen LogP contribution in [0, 0.1) is 5.92 Å². The van der Waals surface area contributed by atoms with E-state index in [1.165, 1.54) is 0 Å². The third-order valence-corrected chi connectivity index (χ3v) is 4.48. The van der Waals surface area contributed by atoms with Crippen molar-refractivity contribution in [3.05, 3.63) is 24.4 Å². The first kappa shape index (κ1) is 20.0. The van der Waals surface area contributed by atoms with E-state index in [0.717, 1.165) is 63.6 Å². The molecule has 26 heavy (non-hydrogen) atoms. The number of unbranched alkanes of at least 4 members (excludes halogenated alkanes) is 1. The predicted molar refractivity (Wildman–Crippen MR) is 104 cm³/mol. The highest BCUT2D eigenvalue weighted by atomic mass is 16.5. The molecule has 1 aliphatic heterocycles. The molecule has 1 aromatic heterocycles. The number of carbonyl (C=O) groups excluding carboxylic acids is 1. The van der Waals surface area contributed by atoms with Crippen LogP contribution in [0.5, 0.6) is 0 Å². The van der Waals surface area contributed by atoms with Crippen LogP contribution in [-0.4, -0.2) is 61.6 Å². The van der Waals surface area contributed by atoms with Crippen LogP contribution in [0.3, 0.4) is 0 Å². The van der Waals surface area contributed by atoms with Gasteiger partial charge in [0.1, 0.15) is 5.82 Å². The first-order valence-electron chi connectivity index (χ1n) is 9.51. The molecule has 144 valence electrons. The Morgan fingerprint density at radius 2 is 2.08 bits per heavy atom. The van der Waals surface area contributed by atoms with Crippen LogP contribution >= 0.6 is 0 Å². The molecule has 0 radical (unpaired) electrons. The summed E-state index contributed by atoms with van der Waals surface area (Å²) in [7, 11) is 1.81. The SMILES string of the molecule is CCOC(=O)C1CCN(C(=NC)NCCCCNc2ccccn2)CC1. The van der Waals surface area contributed by atoms with Gasteiger partial charge in [-0.25, -0.2) is 4.98 Å². The lowest BCUT2D eigenvalue weighted by Crippen LogP contribution is -2.47. The number of rotatable bonds is 8. The number of pyridine rings is 1. The molecule has 0 aromatic carbocycles. The summed E-state index contributed by atoms with van der Waals surface area (Å²) < 4.78 is 5.12. The van der Waals surface area contributed by atoms with Gasteiger partial charge in [-0.05, 0) is 44.7 Å². The Bertz CT molecular complexity index is 556. The smallest absolute Gasteiger partial charge is 0.309 e. The molecule has 7 heteroatoms. The summed E-state index contributed by atoms with van der Waals surface area (Å²) in [6.07, 6.45) is 5.56. The average molecular weight is 361 g/mol. The number of hydrogen-bond acceptors (Lipinski definition) is 5. The zero-order valence-electron chi connectivity index (χ0n) is 15.9. The third-order valence-electron chi connectivity index (χ3n) is 4.48. The highest BCUT2D eigenvalue weighted by molar-refractivity contribution is 5.80. The zero-order chi connectivity index (χ0) is 18.6. The van der Waals surface area contributed by atoms with Crippen LogP contribution in [0.4, 0.5) is 5.82 Å². The van der Waals surface area contributed by atoms with E-state index in [9.17, 15) is 4.79 Å². The Hall–Kier alpha value is -2.31. The molecule has 2 heterocycles. The summed E-state index contributed by atoms with van der Waals surface area (Å²) in [4.78, 5) is 22.7. The highest BCUT2D eigenvalue weighted by Gasteiger charge is 2.27. The molecular weight excluding hydrogens is 330 g/mol. The van der Waals surface area contributed by atoms with Gasteiger partial charge in [-0.3, -0.25) is 9.79 Å². The van der Waals surface area contributed by atoms with Crippen LogP contribution in [0.1, 0.15) is 32.6 Å². The maximum atomic E-state index is 11.8. The molecule has 1 aliphatic rings. The Morgan fingerprint density at radius 1 is 1.31 bits per heavy atom. The van der Waals surface area contributed by atoms with Crippen molar-refractivity contribution in [2.24, 2.45) is 10.9 Å². The van der Waals surface area contributed by atoms with Crippen molar-refractivity contribution in [2.45, 2.75) is 32.6 Å². The number of guanidine groups is 1. The van der Waals surface area contributed by atoms with E-state index in [0.29, 0.717) is 6.61 Å². The fourth-order valence-corrected chi connectivity index (χ4v) is 3.05. The molecule has 1 saturated heterocycles. The Balaban J connectivity index is 1.60. The van der Waals surface area contributed by atoms with Crippen molar-refractivity contribution in [3.63, 3.8) is 0 Å². The first-order chi connectivity index (χ1) is 12.7. The summed E-state index contributed by atoms with van der Waals surface area (Å²) in [6, 6.07) is 5.86. The van der Waals surface area contributed by atoms with Gasteiger partial charge < -0.3 is 20.3 Å². The van der Waals surface area contributed by atoms with Gasteiger partial charge in [-0.2, -0.15) is 0 Å². The quantitative estimate of drug-likeness (QED) is 0.320. The average Bonchev–Trinajstić information content (AvgIpc) is 2.69. The van der Waals surface area contributed by atoms with Crippen molar-refractivity contribution in [3.8, 4) is 0 Å². The minimum absolute atomic E-state index is 0.0296. The largest absolute Gasteiger partial charge is 0.466 e. The fraction of sp³-hybridized carbons (Fsp3) is 0.632. The second kappa shape index (κ2) is 11.3. The van der Waals surface area contributed by atoms with E-state index < -0.39 is 0 Å². The van der Waals surface area contributed by atoms with Crippen molar-refractivity contribution < 1.29 is 9.53 Å². The normalized spacial score (nSPS) is 15.6. The second-order valence-corrected chi connectivity index (χ2v) is 6.34. The van der Waals surface area contributed by atoms with Crippen LogP contribution in [0.25, 0.3) is 0 Å². The molecule has 0 amide bonds. The minimum Gasteiger partial charge on any atom is -0.466 e. The van der Waals surface area contributed by atoms with E-state index in [1.807, 2.05) is 32.2 Å². The van der Waals surface area contributed by atoms with Gasteiger partial charge >= 0.3 is 5.97 Å². The van der Waals surface area contributed by atoms with E-state index in [-0.39, 0.29) is 11.9 Å². The van der Waals surface area contributed by atoms with Crippen molar-refractivity contribution in [1.82, 2.24) is 15.2 Å². The van der Waals surface area contributed by atoms with E-state index in [4.69, 9.17) is 4.74 Å². The lowest BCUT2D eigenvalue weighted by molar-refractivity contribution is -0.149. The van der Waals surface area contributed by atoms with Crippen LogP contribution in [0.2, 0.25) is 0 Å². The van der Waals surface area contributed by atoms with E-state index in [2.05, 4.69) is 25.5 Å². The molecule has 7 nitrogen and oxygen atoms in total. The maximum absolute atomic E-state index is 11.8. The second-order valence-electron chi connectivity index (χ2n) is 6.34. The number of likely N-dealkylation sites (tertiary alicyclic amines) is 1. The number of ether oxygens (including phenoxy) is 1. The summed E-state index contributed by atoms with van der Waals surface area (Å²) >= 11 is 0. The van der Waals surface area contributed by atoms with Gasteiger partial charge in [0.2, 0.25) is 0 Å². The van der Waals surface area contributed by atoms with Crippen molar-refractivity contribution in [2.75, 3.05) is 45.2 Å². The summed E-state index contributed by atoms with van der Waals surface area (Å²) in [6.45, 7) is 5.77. The number of aliphatic imine (C=N–C) groups is 1. The number of nitrogens with one attached hydrogen (secondary N) is 2. The molecule has 2 rings (SSSR count). The molecule has 0 bridgehead atoms. The third kappa shape index (κ3) is 6.54. The van der Waals surface area contributed by atoms with Gasteiger partial charge in [0, 0.05) is 39.4 Å². The zero-order valence-corrected chi connectivity index (χ0v) is 15.9. The van der Waals surface area contributed by atoms with Gasteiger partial charge in [0.15, 0.2) is 5.96 Å². The minimum atomic E-state index is -0.0597. The van der Waals surface area contributed by atoms with E-state index >= 15 is 0 Å². The lowest BCUT2D eigenvalue weighted by Gasteiger charge is -2.33. The Morgan fingerprint density at radius 3 is 2.73 bits per heavy atom. The molecule has 1 aromatic rings. The molecule has 0 spiro atoms. The Kier molecular flexibility index (Phi) is 8.72. The molecule has 0 atom stereocenters. The molecular formula is C19H31N5O2. The number of carbonyl (C=O) groups is 1. The van der Waals surface area contributed by atoms with Crippen molar-refractivity contribution in [1.29, 1.82) is 0 Å². The predicted octanol–water partition coefficient (Wildman–Crippen LogP) is 2.12. The standard InChI is InChI=1S/C19H31N5O2/c1-3-26-18(25)16-9-14-24(15-10-16)19(20-2)23-13-7-6-12-22-17-8-4-5-11-21-17/h4-5,8,11,16H,3,6-7,9-10,12-15H2,1-2H3,(H,20,23)(H,21,22). The number of hydrogen-bond donors (Lipinski definition) is 2. The van der Waals surface area contributed by atoms with Gasteiger partial charge in [-0.15, -0.1) is 0 Å². The van der Waals surface area contributed by atoms with Crippen LogP contribution < -0.4 is 10.6 Å². The topological polar surface area (TPSA) is 78.8 Å². The monoisotopic (exact) mass is 361 g/mol. The number of anilines is 1. The highest BCUT2D eigenvalue weighted by Crippen LogP contribution is 2.18. The number of esters is 1. The van der Waals surface area contributed by atoms with Crippen LogP contribution in [0.15, 0.2) is 29.4 Å². The summed E-state index contributed by atoms with van der Waals surface area (Å²) in [5.41, 5.74) is 0. The Labute approximate surface area is 156 Å². The molecule has 0 aliphatic carbocycles. The van der Waals surface area contributed by atoms with Crippen molar-refractivity contribution >= 4 is 17.7 Å². The number of nitrogens with zero attached hydrogens (tertiary/aromatic N) is 3. The summed E-state index contributed by atoms with van der Waals surface area (Å²) in [5.74, 6) is 1.81. The lowest BCUT2D eigenvalue weighted by atomic mass is 9.97. The van der Waals surface area contributed by atoms with Crippen LogP contribution in [-0.2, 0) is 9.53 Å². The summed E-state index contributed by atoms with van der Waals surface area (Å²) in [5, 5.41) is 6.74. The molecule has 2 N–H and O–H groups in total. The fourth-order valence-electron chi connectivity index (χ4n) is 3.05. The van der Waals surface area contributed by atoms with Gasteiger partial charge in [0.25, 0.3) is 0 Å². The maximum Gasteiger partial charge on any atom is 0.309 e. The first-order valence-corrected chi connectivity index (χ1v) is 9.51. The number of aromatic nitrogens is 1.